The lowest BCUT2D eigenvalue weighted by molar-refractivity contribution is 0.208. The molecule has 1 heterocycles. The molecular weight excluding hydrogens is 346 g/mol. The number of hydrogen-bond donors (Lipinski definition) is 1. The van der Waals surface area contributed by atoms with Crippen LogP contribution < -0.4 is 10.2 Å². The second-order valence-electron chi connectivity index (χ2n) is 6.45. The molecule has 0 saturated carbocycles. The van der Waals surface area contributed by atoms with Gasteiger partial charge in [0, 0.05) is 42.6 Å². The number of benzene rings is 3. The highest BCUT2D eigenvalue weighted by molar-refractivity contribution is 6.30. The van der Waals surface area contributed by atoms with Crippen LogP contribution in [-0.2, 0) is 0 Å². The van der Waals surface area contributed by atoms with Crippen LogP contribution in [0, 0.1) is 0 Å². The van der Waals surface area contributed by atoms with Crippen molar-refractivity contribution >= 4 is 39.8 Å². The Kier molecular flexibility index (Phi) is 4.67. The van der Waals surface area contributed by atoms with Gasteiger partial charge in [-0.3, -0.25) is 0 Å². The average molecular weight is 366 g/mol. The zero-order valence-corrected chi connectivity index (χ0v) is 15.1. The number of piperazine rings is 1. The molecule has 1 saturated heterocycles. The molecular formula is C21H20ClN3O. The van der Waals surface area contributed by atoms with Gasteiger partial charge in [0.1, 0.15) is 0 Å². The summed E-state index contributed by atoms with van der Waals surface area (Å²) in [7, 11) is 0. The molecule has 1 aliphatic heterocycles. The van der Waals surface area contributed by atoms with Crippen molar-refractivity contribution in [3.8, 4) is 0 Å². The quantitative estimate of drug-likeness (QED) is 0.704. The Labute approximate surface area is 158 Å². The fourth-order valence-electron chi connectivity index (χ4n) is 3.31. The van der Waals surface area contributed by atoms with Crippen LogP contribution in [0.4, 0.5) is 16.2 Å². The van der Waals surface area contributed by atoms with Crippen LogP contribution in [0.3, 0.4) is 0 Å². The van der Waals surface area contributed by atoms with Crippen LogP contribution in [0.1, 0.15) is 0 Å². The monoisotopic (exact) mass is 365 g/mol. The third kappa shape index (κ3) is 3.60. The van der Waals surface area contributed by atoms with Crippen molar-refractivity contribution in [1.82, 2.24) is 4.90 Å². The first-order valence-electron chi connectivity index (χ1n) is 8.74. The summed E-state index contributed by atoms with van der Waals surface area (Å²) in [4.78, 5) is 16.7. The number of nitrogens with one attached hydrogen (secondary N) is 1. The van der Waals surface area contributed by atoms with E-state index in [1.165, 1.54) is 5.39 Å². The molecule has 0 unspecified atom stereocenters. The normalized spacial score (nSPS) is 14.5. The Balaban J connectivity index is 1.38. The molecule has 4 rings (SSSR count). The molecule has 0 aliphatic carbocycles. The summed E-state index contributed by atoms with van der Waals surface area (Å²) >= 11 is 6.07. The predicted molar refractivity (Wildman–Crippen MR) is 108 cm³/mol. The van der Waals surface area contributed by atoms with E-state index in [1.807, 2.05) is 53.4 Å². The summed E-state index contributed by atoms with van der Waals surface area (Å²) in [6.45, 7) is 2.97. The van der Waals surface area contributed by atoms with Crippen LogP contribution in [0.25, 0.3) is 10.8 Å². The Bertz CT molecular complexity index is 935. The summed E-state index contributed by atoms with van der Waals surface area (Å²) in [5, 5.41) is 6.04. The van der Waals surface area contributed by atoms with Crippen molar-refractivity contribution in [2.75, 3.05) is 36.4 Å². The van der Waals surface area contributed by atoms with E-state index < -0.39 is 0 Å². The first-order valence-corrected chi connectivity index (χ1v) is 9.12. The molecule has 0 radical (unpaired) electrons. The lowest BCUT2D eigenvalue weighted by Crippen LogP contribution is -2.50. The summed E-state index contributed by atoms with van der Waals surface area (Å²) in [6, 6.07) is 21.9. The maximum Gasteiger partial charge on any atom is 0.321 e. The van der Waals surface area contributed by atoms with Gasteiger partial charge in [-0.15, -0.1) is 0 Å². The zero-order chi connectivity index (χ0) is 17.9. The van der Waals surface area contributed by atoms with E-state index in [4.69, 9.17) is 11.6 Å². The number of hydrogen-bond acceptors (Lipinski definition) is 2. The molecule has 3 aromatic rings. The molecule has 0 atom stereocenters. The maximum absolute atomic E-state index is 12.6. The summed E-state index contributed by atoms with van der Waals surface area (Å²) in [5.74, 6) is 0. The van der Waals surface area contributed by atoms with Crippen LogP contribution in [0.5, 0.6) is 0 Å². The Morgan fingerprint density at radius 2 is 1.62 bits per heavy atom. The van der Waals surface area contributed by atoms with E-state index in [0.717, 1.165) is 34.9 Å². The molecule has 26 heavy (non-hydrogen) atoms. The van der Waals surface area contributed by atoms with Crippen molar-refractivity contribution in [2.45, 2.75) is 0 Å². The van der Waals surface area contributed by atoms with Crippen molar-refractivity contribution in [2.24, 2.45) is 0 Å². The van der Waals surface area contributed by atoms with Gasteiger partial charge in [0.05, 0.1) is 0 Å². The van der Waals surface area contributed by atoms with Crippen LogP contribution in [0.15, 0.2) is 66.7 Å². The first-order chi connectivity index (χ1) is 12.7. The van der Waals surface area contributed by atoms with Gasteiger partial charge in [0.15, 0.2) is 0 Å². The van der Waals surface area contributed by atoms with E-state index in [9.17, 15) is 4.79 Å². The van der Waals surface area contributed by atoms with Gasteiger partial charge >= 0.3 is 6.03 Å². The lowest BCUT2D eigenvalue weighted by atomic mass is 10.1. The van der Waals surface area contributed by atoms with Crippen LogP contribution in [-0.4, -0.2) is 37.1 Å². The third-order valence-corrected chi connectivity index (χ3v) is 4.98. The summed E-state index contributed by atoms with van der Waals surface area (Å²) < 4.78 is 0. The number of amides is 2. The molecule has 1 aliphatic rings. The Hall–Kier alpha value is -2.72. The van der Waals surface area contributed by atoms with Crippen molar-refractivity contribution < 1.29 is 4.79 Å². The second-order valence-corrected chi connectivity index (χ2v) is 6.88. The second kappa shape index (κ2) is 7.26. The van der Waals surface area contributed by atoms with Gasteiger partial charge in [-0.05, 0) is 41.1 Å². The van der Waals surface area contributed by atoms with Gasteiger partial charge in [-0.1, -0.05) is 48.0 Å². The third-order valence-electron chi connectivity index (χ3n) is 4.74. The predicted octanol–water partition coefficient (Wildman–Crippen LogP) is 4.85. The molecule has 3 aromatic carbocycles. The van der Waals surface area contributed by atoms with Gasteiger partial charge in [0.2, 0.25) is 0 Å². The van der Waals surface area contributed by atoms with Crippen molar-refractivity contribution in [3.05, 3.63) is 71.8 Å². The lowest BCUT2D eigenvalue weighted by Gasteiger charge is -2.36. The van der Waals surface area contributed by atoms with E-state index in [0.29, 0.717) is 13.1 Å². The number of nitrogens with zero attached hydrogens (tertiary/aromatic N) is 2. The fourth-order valence-corrected chi connectivity index (χ4v) is 3.49. The van der Waals surface area contributed by atoms with Crippen LogP contribution >= 0.6 is 11.6 Å². The molecule has 5 heteroatoms. The first kappa shape index (κ1) is 16.7. The highest BCUT2D eigenvalue weighted by Gasteiger charge is 2.21. The summed E-state index contributed by atoms with van der Waals surface area (Å²) in [6.07, 6.45) is 0. The molecule has 0 aromatic heterocycles. The van der Waals surface area contributed by atoms with Gasteiger partial charge < -0.3 is 15.1 Å². The van der Waals surface area contributed by atoms with E-state index in [2.05, 4.69) is 28.4 Å². The largest absolute Gasteiger partial charge is 0.368 e. The minimum Gasteiger partial charge on any atom is -0.368 e. The smallest absolute Gasteiger partial charge is 0.321 e. The van der Waals surface area contributed by atoms with Crippen molar-refractivity contribution in [1.29, 1.82) is 0 Å². The number of halogens is 1. The molecule has 1 fully saturated rings. The number of rotatable bonds is 2. The SMILES string of the molecule is O=C(Nc1ccc2ccccc2c1)N1CCN(c2cccc(Cl)c2)CC1. The maximum atomic E-state index is 12.6. The molecule has 0 spiro atoms. The Morgan fingerprint density at radius 1 is 0.846 bits per heavy atom. The molecule has 1 N–H and O–H groups in total. The highest BCUT2D eigenvalue weighted by atomic mass is 35.5. The number of anilines is 2. The van der Waals surface area contributed by atoms with Crippen molar-refractivity contribution in [3.63, 3.8) is 0 Å². The molecule has 132 valence electrons. The van der Waals surface area contributed by atoms with E-state index >= 15 is 0 Å². The fraction of sp³-hybridized carbons (Fsp3) is 0.190. The average Bonchev–Trinajstić information content (AvgIpc) is 2.68. The molecule has 2 amide bonds. The van der Waals surface area contributed by atoms with Gasteiger partial charge in [-0.2, -0.15) is 0 Å². The van der Waals surface area contributed by atoms with Gasteiger partial charge in [0.25, 0.3) is 0 Å². The number of urea groups is 1. The topological polar surface area (TPSA) is 35.6 Å². The minimum absolute atomic E-state index is 0.0500. The number of fused-ring (bicyclic) bond motifs is 1. The van der Waals surface area contributed by atoms with E-state index in [-0.39, 0.29) is 6.03 Å². The Morgan fingerprint density at radius 3 is 2.38 bits per heavy atom. The van der Waals surface area contributed by atoms with Crippen LogP contribution in [0.2, 0.25) is 5.02 Å². The highest BCUT2D eigenvalue weighted by Crippen LogP contribution is 2.22. The number of carbonyl (C=O) groups is 1. The van der Waals surface area contributed by atoms with Gasteiger partial charge in [-0.25, -0.2) is 4.79 Å². The standard InChI is InChI=1S/C21H20ClN3O/c22-18-6-3-7-20(15-18)24-10-12-25(13-11-24)21(26)23-19-9-8-16-4-1-2-5-17(16)14-19/h1-9,14-15H,10-13H2,(H,23,26). The number of carbonyl (C=O) groups excluding carboxylic acids is 1. The molecule has 0 bridgehead atoms. The summed E-state index contributed by atoms with van der Waals surface area (Å²) in [5.41, 5.74) is 1.93. The molecule has 4 nitrogen and oxygen atoms in total. The zero-order valence-electron chi connectivity index (χ0n) is 14.4. The minimum atomic E-state index is -0.0500. The van der Waals surface area contributed by atoms with E-state index in [1.54, 1.807) is 0 Å².